The number of hydrogen-bond donors (Lipinski definition) is 0. The average molecular weight is 296 g/mol. The predicted molar refractivity (Wildman–Crippen MR) is 61.0 cm³/mol. The largest absolute Gasteiger partial charge is 0.220 e. The summed E-state index contributed by atoms with van der Waals surface area (Å²) in [6.07, 6.45) is 4.79. The van der Waals surface area contributed by atoms with Crippen molar-refractivity contribution >= 4 is 39.1 Å². The van der Waals surface area contributed by atoms with Crippen LogP contribution in [0.15, 0.2) is 4.47 Å². The van der Waals surface area contributed by atoms with Crippen LogP contribution in [0.3, 0.4) is 0 Å². The van der Waals surface area contributed by atoms with Gasteiger partial charge in [-0.05, 0) is 28.8 Å². The van der Waals surface area contributed by atoms with Crippen LogP contribution in [0.1, 0.15) is 37.4 Å². The molecule has 0 amide bonds. The summed E-state index contributed by atoms with van der Waals surface area (Å²) in [5.74, 6) is 1.24. The molecule has 0 unspecified atom stereocenters. The Bertz CT molecular complexity index is 328. The molecule has 5 heteroatoms. The lowest BCUT2D eigenvalue weighted by molar-refractivity contribution is 0.667. The molecule has 0 bridgehead atoms. The molecule has 2 rings (SSSR count). The van der Waals surface area contributed by atoms with Crippen LogP contribution in [-0.4, -0.2) is 9.97 Å². The van der Waals surface area contributed by atoms with Gasteiger partial charge in [-0.3, -0.25) is 0 Å². The lowest BCUT2D eigenvalue weighted by Gasteiger charge is -2.08. The van der Waals surface area contributed by atoms with E-state index in [1.807, 2.05) is 0 Å². The Balaban J connectivity index is 2.34. The minimum absolute atomic E-state index is 0.409. The number of nitrogens with zero attached hydrogens (tertiary/aromatic N) is 2. The minimum Gasteiger partial charge on any atom is -0.220 e. The monoisotopic (exact) mass is 294 g/mol. The van der Waals surface area contributed by atoms with Crippen molar-refractivity contribution in [1.29, 1.82) is 0 Å². The summed E-state index contributed by atoms with van der Waals surface area (Å²) in [5.41, 5.74) is 0. The second-order valence-electron chi connectivity index (χ2n) is 3.46. The number of hydrogen-bond acceptors (Lipinski definition) is 2. The summed E-state index contributed by atoms with van der Waals surface area (Å²) in [4.78, 5) is 8.48. The lowest BCUT2D eigenvalue weighted by Crippen LogP contribution is -2.01. The number of halogens is 3. The van der Waals surface area contributed by atoms with E-state index in [1.165, 1.54) is 12.8 Å². The van der Waals surface area contributed by atoms with Gasteiger partial charge in [0.1, 0.15) is 16.1 Å². The van der Waals surface area contributed by atoms with Gasteiger partial charge in [0.15, 0.2) is 0 Å². The molecule has 1 heterocycles. The van der Waals surface area contributed by atoms with Gasteiger partial charge >= 0.3 is 0 Å². The molecule has 14 heavy (non-hydrogen) atoms. The minimum atomic E-state index is 0.409. The van der Waals surface area contributed by atoms with Crippen molar-refractivity contribution in [3.63, 3.8) is 0 Å². The molecule has 0 atom stereocenters. The normalized spacial score (nSPS) is 17.6. The van der Waals surface area contributed by atoms with Crippen LogP contribution >= 0.6 is 39.1 Å². The van der Waals surface area contributed by atoms with E-state index in [0.29, 0.717) is 20.7 Å². The van der Waals surface area contributed by atoms with Gasteiger partial charge in [0.05, 0.1) is 4.47 Å². The standard InChI is InChI=1S/C9H9BrCl2N2/c10-6-7(11)13-9(14-8(6)12)5-3-1-2-4-5/h5H,1-4H2. The molecule has 0 aliphatic heterocycles. The van der Waals surface area contributed by atoms with Gasteiger partial charge < -0.3 is 0 Å². The van der Waals surface area contributed by atoms with E-state index < -0.39 is 0 Å². The zero-order valence-electron chi connectivity index (χ0n) is 7.43. The van der Waals surface area contributed by atoms with E-state index in [-0.39, 0.29) is 0 Å². The van der Waals surface area contributed by atoms with E-state index in [1.54, 1.807) is 0 Å². The molecule has 2 nitrogen and oxygen atoms in total. The molecular weight excluding hydrogens is 287 g/mol. The number of aromatic nitrogens is 2. The van der Waals surface area contributed by atoms with Crippen molar-refractivity contribution in [3.05, 3.63) is 20.6 Å². The first-order chi connectivity index (χ1) is 6.68. The van der Waals surface area contributed by atoms with Crippen LogP contribution in [0.2, 0.25) is 10.3 Å². The molecule has 0 radical (unpaired) electrons. The maximum Gasteiger partial charge on any atom is 0.148 e. The second kappa shape index (κ2) is 4.33. The molecule has 0 N–H and O–H groups in total. The van der Waals surface area contributed by atoms with Crippen LogP contribution in [0, 0.1) is 0 Å². The molecular formula is C9H9BrCl2N2. The third-order valence-corrected chi connectivity index (χ3v) is 4.26. The second-order valence-corrected chi connectivity index (χ2v) is 4.97. The molecule has 0 aromatic carbocycles. The van der Waals surface area contributed by atoms with Crippen molar-refractivity contribution in [2.45, 2.75) is 31.6 Å². The first-order valence-corrected chi connectivity index (χ1v) is 6.12. The van der Waals surface area contributed by atoms with Gasteiger partial charge in [-0.1, -0.05) is 36.0 Å². The van der Waals surface area contributed by atoms with Crippen molar-refractivity contribution < 1.29 is 0 Å². The van der Waals surface area contributed by atoms with E-state index >= 15 is 0 Å². The van der Waals surface area contributed by atoms with Gasteiger partial charge in [-0.2, -0.15) is 0 Å². The molecule has 76 valence electrons. The zero-order valence-corrected chi connectivity index (χ0v) is 10.5. The third kappa shape index (κ3) is 2.05. The Labute approximate surface area is 101 Å². The predicted octanol–water partition coefficient (Wildman–Crippen LogP) is 4.20. The van der Waals surface area contributed by atoms with Gasteiger partial charge in [0.25, 0.3) is 0 Å². The molecule has 1 saturated carbocycles. The SMILES string of the molecule is Clc1nc(C2CCCC2)nc(Cl)c1Br. The fourth-order valence-corrected chi connectivity index (χ4v) is 2.35. The molecule has 0 spiro atoms. The van der Waals surface area contributed by atoms with Crippen LogP contribution in [-0.2, 0) is 0 Å². The highest BCUT2D eigenvalue weighted by Crippen LogP contribution is 2.35. The molecule has 1 aromatic rings. The van der Waals surface area contributed by atoms with Crippen LogP contribution in [0.5, 0.6) is 0 Å². The topological polar surface area (TPSA) is 25.8 Å². The number of rotatable bonds is 1. The van der Waals surface area contributed by atoms with E-state index in [4.69, 9.17) is 23.2 Å². The van der Waals surface area contributed by atoms with Gasteiger partial charge in [-0.25, -0.2) is 9.97 Å². The van der Waals surface area contributed by atoms with Crippen molar-refractivity contribution in [2.24, 2.45) is 0 Å². The first kappa shape index (κ1) is 10.7. The Morgan fingerprint density at radius 3 is 2.07 bits per heavy atom. The zero-order chi connectivity index (χ0) is 10.1. The molecule has 0 saturated heterocycles. The van der Waals surface area contributed by atoms with Gasteiger partial charge in [0, 0.05) is 5.92 Å². The molecule has 1 aliphatic rings. The molecule has 1 fully saturated rings. The maximum atomic E-state index is 5.92. The quantitative estimate of drug-likeness (QED) is 0.726. The summed E-state index contributed by atoms with van der Waals surface area (Å²) in [5, 5.41) is 0.818. The highest BCUT2D eigenvalue weighted by molar-refractivity contribution is 9.10. The summed E-state index contributed by atoms with van der Waals surface area (Å²) in [6.45, 7) is 0. The lowest BCUT2D eigenvalue weighted by atomic mass is 10.1. The van der Waals surface area contributed by atoms with Crippen LogP contribution < -0.4 is 0 Å². The molecule has 1 aromatic heterocycles. The average Bonchev–Trinajstić information content (AvgIpc) is 2.66. The van der Waals surface area contributed by atoms with Gasteiger partial charge in [0.2, 0.25) is 0 Å². The Kier molecular flexibility index (Phi) is 3.30. The van der Waals surface area contributed by atoms with Crippen molar-refractivity contribution in [3.8, 4) is 0 Å². The summed E-state index contributed by atoms with van der Waals surface area (Å²) in [6, 6.07) is 0. The highest BCUT2D eigenvalue weighted by Gasteiger charge is 2.21. The third-order valence-electron chi connectivity index (χ3n) is 2.51. The Morgan fingerprint density at radius 2 is 1.57 bits per heavy atom. The fourth-order valence-electron chi connectivity index (χ4n) is 1.78. The Hall–Kier alpha value is 0.140. The van der Waals surface area contributed by atoms with Crippen molar-refractivity contribution in [2.75, 3.05) is 0 Å². The smallest absolute Gasteiger partial charge is 0.148 e. The van der Waals surface area contributed by atoms with Crippen molar-refractivity contribution in [1.82, 2.24) is 9.97 Å². The highest BCUT2D eigenvalue weighted by atomic mass is 79.9. The van der Waals surface area contributed by atoms with Crippen LogP contribution in [0.4, 0.5) is 0 Å². The fraction of sp³-hybridized carbons (Fsp3) is 0.556. The van der Waals surface area contributed by atoms with E-state index in [2.05, 4.69) is 25.9 Å². The summed E-state index contributed by atoms with van der Waals surface area (Å²) >= 11 is 15.1. The first-order valence-electron chi connectivity index (χ1n) is 4.57. The van der Waals surface area contributed by atoms with Crippen LogP contribution in [0.25, 0.3) is 0 Å². The van der Waals surface area contributed by atoms with E-state index in [0.717, 1.165) is 18.7 Å². The van der Waals surface area contributed by atoms with Gasteiger partial charge in [-0.15, -0.1) is 0 Å². The Morgan fingerprint density at radius 1 is 1.07 bits per heavy atom. The molecule has 1 aliphatic carbocycles. The maximum absolute atomic E-state index is 5.92. The summed E-state index contributed by atoms with van der Waals surface area (Å²) < 4.78 is 0.586. The van der Waals surface area contributed by atoms with E-state index in [9.17, 15) is 0 Å². The summed E-state index contributed by atoms with van der Waals surface area (Å²) in [7, 11) is 0.